The number of carboxylic acids is 1. The molecule has 0 radical (unpaired) electrons. The fraction of sp³-hybridized carbons (Fsp3) is 0.273. The summed E-state index contributed by atoms with van der Waals surface area (Å²) in [4.78, 5) is 21.9. The third kappa shape index (κ3) is 3.43. The molecule has 3 N–H and O–H groups in total. The Kier molecular flexibility index (Phi) is 4.13. The lowest BCUT2D eigenvalue weighted by Crippen LogP contribution is -2.30. The van der Waals surface area contributed by atoms with Gasteiger partial charge in [0.15, 0.2) is 5.78 Å². The van der Waals surface area contributed by atoms with E-state index in [2.05, 4.69) is 0 Å². The van der Waals surface area contributed by atoms with Gasteiger partial charge in [0.2, 0.25) is 0 Å². The standard InChI is InChI=1S/C11H12FNO3/c12-8-3-1-7(2-4-8)10(14)6-5-9(13)11(15)16/h1-4,9H,5-6,13H2,(H,15,16)/t9-/m1/s1. The molecule has 1 atom stereocenters. The number of hydrogen-bond donors (Lipinski definition) is 2. The summed E-state index contributed by atoms with van der Waals surface area (Å²) in [5, 5.41) is 8.52. The summed E-state index contributed by atoms with van der Waals surface area (Å²) in [7, 11) is 0. The van der Waals surface area contributed by atoms with Crippen molar-refractivity contribution in [3.05, 3.63) is 35.6 Å². The van der Waals surface area contributed by atoms with Crippen LogP contribution < -0.4 is 5.73 Å². The topological polar surface area (TPSA) is 80.4 Å². The van der Waals surface area contributed by atoms with E-state index in [1.165, 1.54) is 24.3 Å². The number of hydrogen-bond acceptors (Lipinski definition) is 3. The van der Waals surface area contributed by atoms with Crippen LogP contribution in [0.5, 0.6) is 0 Å². The van der Waals surface area contributed by atoms with E-state index in [1.807, 2.05) is 0 Å². The molecule has 4 nitrogen and oxygen atoms in total. The van der Waals surface area contributed by atoms with Crippen molar-refractivity contribution in [1.82, 2.24) is 0 Å². The molecule has 5 heteroatoms. The lowest BCUT2D eigenvalue weighted by atomic mass is 10.0. The number of nitrogens with two attached hydrogens (primary N) is 1. The third-order valence-corrected chi connectivity index (χ3v) is 2.17. The summed E-state index contributed by atoms with van der Waals surface area (Å²) < 4.78 is 12.6. The van der Waals surface area contributed by atoms with Gasteiger partial charge >= 0.3 is 5.97 Å². The number of aliphatic carboxylic acids is 1. The largest absolute Gasteiger partial charge is 0.480 e. The summed E-state index contributed by atoms with van der Waals surface area (Å²) in [6.07, 6.45) is 0.116. The molecule has 0 aliphatic carbocycles. The first-order valence-electron chi connectivity index (χ1n) is 4.78. The van der Waals surface area contributed by atoms with Crippen molar-refractivity contribution < 1.29 is 19.1 Å². The molecule has 0 aromatic heterocycles. The highest BCUT2D eigenvalue weighted by molar-refractivity contribution is 5.96. The number of carboxylic acid groups (broad SMARTS) is 1. The fourth-order valence-corrected chi connectivity index (χ4v) is 1.19. The second-order valence-electron chi connectivity index (χ2n) is 3.41. The van der Waals surface area contributed by atoms with Crippen LogP contribution in [0.25, 0.3) is 0 Å². The summed E-state index contributed by atoms with van der Waals surface area (Å²) in [6, 6.07) is 4.06. The summed E-state index contributed by atoms with van der Waals surface area (Å²) in [5.74, 6) is -1.79. The van der Waals surface area contributed by atoms with Crippen LogP contribution in [-0.2, 0) is 4.79 Å². The van der Waals surface area contributed by atoms with Gasteiger partial charge in [-0.05, 0) is 30.7 Å². The van der Waals surface area contributed by atoms with Crippen LogP contribution in [0.3, 0.4) is 0 Å². The maximum absolute atomic E-state index is 12.6. The smallest absolute Gasteiger partial charge is 0.320 e. The molecule has 0 heterocycles. The Labute approximate surface area is 91.9 Å². The zero-order valence-electron chi connectivity index (χ0n) is 8.52. The zero-order chi connectivity index (χ0) is 12.1. The molecule has 86 valence electrons. The van der Waals surface area contributed by atoms with E-state index in [1.54, 1.807) is 0 Å². The monoisotopic (exact) mass is 225 g/mol. The molecular formula is C11H12FNO3. The van der Waals surface area contributed by atoms with Crippen molar-refractivity contribution in [2.75, 3.05) is 0 Å². The van der Waals surface area contributed by atoms with Gasteiger partial charge in [-0.25, -0.2) is 4.39 Å². The molecule has 0 spiro atoms. The highest BCUT2D eigenvalue weighted by Gasteiger charge is 2.14. The van der Waals surface area contributed by atoms with Gasteiger partial charge in [-0.2, -0.15) is 0 Å². The number of ketones is 1. The molecule has 0 saturated carbocycles. The molecule has 0 amide bonds. The maximum Gasteiger partial charge on any atom is 0.320 e. The minimum absolute atomic E-state index is 0.0408. The van der Waals surface area contributed by atoms with Crippen LogP contribution >= 0.6 is 0 Å². The van der Waals surface area contributed by atoms with Gasteiger partial charge in [-0.3, -0.25) is 9.59 Å². The minimum atomic E-state index is -1.13. The van der Waals surface area contributed by atoms with Crippen LogP contribution in [0, 0.1) is 5.82 Å². The van der Waals surface area contributed by atoms with Crippen molar-refractivity contribution in [3.8, 4) is 0 Å². The summed E-state index contributed by atoms with van der Waals surface area (Å²) in [5.41, 5.74) is 5.62. The lowest BCUT2D eigenvalue weighted by molar-refractivity contribution is -0.138. The average Bonchev–Trinajstić information content (AvgIpc) is 2.26. The van der Waals surface area contributed by atoms with Crippen molar-refractivity contribution in [1.29, 1.82) is 0 Å². The Morgan fingerprint density at radius 2 is 1.88 bits per heavy atom. The van der Waals surface area contributed by atoms with Crippen molar-refractivity contribution in [3.63, 3.8) is 0 Å². The van der Waals surface area contributed by atoms with Crippen LogP contribution in [0.4, 0.5) is 4.39 Å². The third-order valence-electron chi connectivity index (χ3n) is 2.17. The molecule has 0 aliphatic heterocycles. The number of benzene rings is 1. The van der Waals surface area contributed by atoms with Gasteiger partial charge in [0.05, 0.1) is 0 Å². The van der Waals surface area contributed by atoms with Crippen LogP contribution in [0.15, 0.2) is 24.3 Å². The number of carbonyl (C=O) groups is 2. The Morgan fingerprint density at radius 1 is 1.31 bits per heavy atom. The Morgan fingerprint density at radius 3 is 2.38 bits per heavy atom. The predicted molar refractivity (Wildman–Crippen MR) is 55.6 cm³/mol. The van der Waals surface area contributed by atoms with E-state index in [-0.39, 0.29) is 18.6 Å². The molecule has 1 aromatic carbocycles. The van der Waals surface area contributed by atoms with Crippen LogP contribution in [0.1, 0.15) is 23.2 Å². The molecule has 1 rings (SSSR count). The number of halogens is 1. The van der Waals surface area contributed by atoms with Gasteiger partial charge in [0.25, 0.3) is 0 Å². The molecule has 0 fully saturated rings. The van der Waals surface area contributed by atoms with Gasteiger partial charge in [0.1, 0.15) is 11.9 Å². The normalized spacial score (nSPS) is 12.1. The predicted octanol–water partition coefficient (Wildman–Crippen LogP) is 1.20. The highest BCUT2D eigenvalue weighted by atomic mass is 19.1. The van der Waals surface area contributed by atoms with Gasteiger partial charge in [-0.15, -0.1) is 0 Å². The first-order valence-corrected chi connectivity index (χ1v) is 4.78. The van der Waals surface area contributed by atoms with Crippen LogP contribution in [-0.4, -0.2) is 22.9 Å². The number of rotatable bonds is 5. The molecule has 0 aliphatic rings. The first kappa shape index (κ1) is 12.3. The lowest BCUT2D eigenvalue weighted by Gasteiger charge is -2.05. The molecule has 0 saturated heterocycles. The number of carbonyl (C=O) groups excluding carboxylic acids is 1. The molecule has 16 heavy (non-hydrogen) atoms. The van der Waals surface area contributed by atoms with Crippen LogP contribution in [0.2, 0.25) is 0 Å². The summed E-state index contributed by atoms with van der Waals surface area (Å²) in [6.45, 7) is 0. The second-order valence-corrected chi connectivity index (χ2v) is 3.41. The summed E-state index contributed by atoms with van der Waals surface area (Å²) >= 11 is 0. The average molecular weight is 225 g/mol. The highest BCUT2D eigenvalue weighted by Crippen LogP contribution is 2.08. The molecule has 0 unspecified atom stereocenters. The van der Waals surface area contributed by atoms with Crippen molar-refractivity contribution >= 4 is 11.8 Å². The minimum Gasteiger partial charge on any atom is -0.480 e. The maximum atomic E-state index is 12.6. The van der Waals surface area contributed by atoms with E-state index in [4.69, 9.17) is 10.8 Å². The van der Waals surface area contributed by atoms with Crippen molar-refractivity contribution in [2.24, 2.45) is 5.73 Å². The van der Waals surface area contributed by atoms with Gasteiger partial charge in [-0.1, -0.05) is 0 Å². The van der Waals surface area contributed by atoms with Crippen molar-refractivity contribution in [2.45, 2.75) is 18.9 Å². The van der Waals surface area contributed by atoms with E-state index in [0.717, 1.165) is 0 Å². The Balaban J connectivity index is 2.53. The SMILES string of the molecule is N[C@H](CCC(=O)c1ccc(F)cc1)C(=O)O. The van der Waals surface area contributed by atoms with Gasteiger partial charge in [0, 0.05) is 12.0 Å². The first-order chi connectivity index (χ1) is 7.50. The van der Waals surface area contributed by atoms with E-state index in [0.29, 0.717) is 5.56 Å². The van der Waals surface area contributed by atoms with E-state index < -0.39 is 17.8 Å². The Bertz CT molecular complexity index is 389. The Hall–Kier alpha value is -1.75. The number of Topliss-reactive ketones (excluding diaryl/α,β-unsaturated/α-hetero) is 1. The second kappa shape index (κ2) is 5.37. The zero-order valence-corrected chi connectivity index (χ0v) is 8.52. The quantitative estimate of drug-likeness (QED) is 0.738. The molecule has 1 aromatic rings. The molecular weight excluding hydrogens is 213 g/mol. The van der Waals surface area contributed by atoms with E-state index >= 15 is 0 Å². The molecule has 0 bridgehead atoms. The van der Waals surface area contributed by atoms with Gasteiger partial charge < -0.3 is 10.8 Å². The van der Waals surface area contributed by atoms with E-state index in [9.17, 15) is 14.0 Å². The fourth-order valence-electron chi connectivity index (χ4n) is 1.19.